The molecule has 4 heteroatoms. The number of hydrogen-bond donors (Lipinski definition) is 1. The van der Waals surface area contributed by atoms with Crippen LogP contribution in [0.5, 0.6) is 0 Å². The Hall–Kier alpha value is -1.39. The molecule has 0 radical (unpaired) electrons. The van der Waals surface area contributed by atoms with Crippen LogP contribution in [-0.2, 0) is 11.2 Å². The number of aryl methyl sites for hydroxylation is 1. The molecule has 1 unspecified atom stereocenters. The number of aromatic nitrogens is 1. The van der Waals surface area contributed by atoms with Gasteiger partial charge in [0.15, 0.2) is 0 Å². The van der Waals surface area contributed by atoms with Gasteiger partial charge in [-0.1, -0.05) is 6.08 Å². The van der Waals surface area contributed by atoms with Crippen LogP contribution in [0.15, 0.2) is 31.0 Å². The molecule has 1 aliphatic heterocycles. The van der Waals surface area contributed by atoms with E-state index in [9.17, 15) is 0 Å². The Morgan fingerprint density at radius 2 is 2.50 bits per heavy atom. The zero-order valence-electron chi connectivity index (χ0n) is 10.7. The molecule has 1 aliphatic rings. The topological polar surface area (TPSA) is 51.4 Å². The second-order valence-electron chi connectivity index (χ2n) is 4.67. The van der Waals surface area contributed by atoms with Gasteiger partial charge in [0, 0.05) is 25.8 Å². The van der Waals surface area contributed by atoms with E-state index in [1.807, 2.05) is 18.2 Å². The van der Waals surface area contributed by atoms with E-state index >= 15 is 0 Å². The van der Waals surface area contributed by atoms with Gasteiger partial charge >= 0.3 is 0 Å². The smallest absolute Gasteiger partial charge is 0.123 e. The maximum Gasteiger partial charge on any atom is 0.123 e. The lowest BCUT2D eigenvalue weighted by Gasteiger charge is -2.32. The highest BCUT2D eigenvalue weighted by Crippen LogP contribution is 2.13. The van der Waals surface area contributed by atoms with E-state index in [2.05, 4.69) is 16.5 Å². The van der Waals surface area contributed by atoms with Gasteiger partial charge in [-0.15, -0.1) is 6.58 Å². The highest BCUT2D eigenvalue weighted by atomic mass is 16.5. The van der Waals surface area contributed by atoms with Crippen molar-refractivity contribution in [2.24, 2.45) is 0 Å². The fourth-order valence-electron chi connectivity index (χ4n) is 2.28. The number of morpholine rings is 1. The van der Waals surface area contributed by atoms with Gasteiger partial charge in [0.25, 0.3) is 0 Å². The molecule has 1 fully saturated rings. The van der Waals surface area contributed by atoms with Crippen LogP contribution in [0, 0.1) is 0 Å². The highest BCUT2D eigenvalue weighted by molar-refractivity contribution is 5.31. The number of hydrogen-bond acceptors (Lipinski definition) is 4. The minimum Gasteiger partial charge on any atom is -0.384 e. The SMILES string of the molecule is C=CCN1CCOC(CCc2ccnc(N)c2)C1. The summed E-state index contributed by atoms with van der Waals surface area (Å²) in [5.41, 5.74) is 6.90. The number of nitrogen functional groups attached to an aromatic ring is 1. The second-order valence-corrected chi connectivity index (χ2v) is 4.67. The lowest BCUT2D eigenvalue weighted by atomic mass is 10.1. The van der Waals surface area contributed by atoms with E-state index in [4.69, 9.17) is 10.5 Å². The van der Waals surface area contributed by atoms with E-state index in [-0.39, 0.29) is 0 Å². The molecule has 1 aromatic heterocycles. The first-order valence-corrected chi connectivity index (χ1v) is 6.43. The summed E-state index contributed by atoms with van der Waals surface area (Å²) in [5, 5.41) is 0. The normalized spacial score (nSPS) is 20.8. The minimum atomic E-state index is 0.313. The van der Waals surface area contributed by atoms with Crippen LogP contribution < -0.4 is 5.73 Å². The van der Waals surface area contributed by atoms with Gasteiger partial charge in [-0.05, 0) is 30.5 Å². The Morgan fingerprint density at radius 1 is 1.61 bits per heavy atom. The molecule has 1 saturated heterocycles. The molecule has 0 aromatic carbocycles. The zero-order chi connectivity index (χ0) is 12.8. The maximum atomic E-state index is 5.78. The molecule has 1 atom stereocenters. The third-order valence-corrected chi connectivity index (χ3v) is 3.21. The third-order valence-electron chi connectivity index (χ3n) is 3.21. The van der Waals surface area contributed by atoms with Crippen LogP contribution in [0.2, 0.25) is 0 Å². The van der Waals surface area contributed by atoms with Crippen molar-refractivity contribution in [3.8, 4) is 0 Å². The van der Waals surface area contributed by atoms with Gasteiger partial charge in [-0.2, -0.15) is 0 Å². The fraction of sp³-hybridized carbons (Fsp3) is 0.500. The molecular formula is C14H21N3O. The predicted octanol–water partition coefficient (Wildman–Crippen LogP) is 1.48. The number of nitrogens with zero attached hydrogens (tertiary/aromatic N) is 2. The first kappa shape index (κ1) is 13.1. The standard InChI is InChI=1S/C14H21N3O/c1-2-7-17-8-9-18-13(11-17)4-3-12-5-6-16-14(15)10-12/h2,5-6,10,13H,1,3-4,7-9,11H2,(H2,15,16). The zero-order valence-corrected chi connectivity index (χ0v) is 10.7. The Morgan fingerprint density at radius 3 is 3.28 bits per heavy atom. The number of rotatable bonds is 5. The summed E-state index contributed by atoms with van der Waals surface area (Å²) < 4.78 is 5.78. The van der Waals surface area contributed by atoms with Crippen LogP contribution >= 0.6 is 0 Å². The van der Waals surface area contributed by atoms with Crippen molar-refractivity contribution in [2.75, 3.05) is 32.0 Å². The first-order valence-electron chi connectivity index (χ1n) is 6.43. The Balaban J connectivity index is 1.81. The summed E-state index contributed by atoms with van der Waals surface area (Å²) in [5.74, 6) is 0.588. The van der Waals surface area contributed by atoms with Crippen molar-refractivity contribution in [1.82, 2.24) is 9.88 Å². The molecule has 98 valence electrons. The fourth-order valence-corrected chi connectivity index (χ4v) is 2.28. The molecule has 2 heterocycles. The lowest BCUT2D eigenvalue weighted by molar-refractivity contribution is -0.0278. The van der Waals surface area contributed by atoms with Crippen molar-refractivity contribution in [2.45, 2.75) is 18.9 Å². The molecule has 0 aliphatic carbocycles. The molecular weight excluding hydrogens is 226 g/mol. The van der Waals surface area contributed by atoms with Gasteiger partial charge in [0.05, 0.1) is 12.7 Å². The molecule has 0 amide bonds. The Kier molecular flexibility index (Phi) is 4.73. The first-order chi connectivity index (χ1) is 8.78. The largest absolute Gasteiger partial charge is 0.384 e. The average Bonchev–Trinajstić information content (AvgIpc) is 2.37. The molecule has 2 N–H and O–H groups in total. The van der Waals surface area contributed by atoms with E-state index in [0.29, 0.717) is 11.9 Å². The molecule has 0 saturated carbocycles. The molecule has 0 bridgehead atoms. The van der Waals surface area contributed by atoms with E-state index in [1.54, 1.807) is 6.20 Å². The minimum absolute atomic E-state index is 0.313. The molecule has 1 aromatic rings. The van der Waals surface area contributed by atoms with Crippen LogP contribution in [0.4, 0.5) is 5.82 Å². The van der Waals surface area contributed by atoms with Crippen LogP contribution in [0.25, 0.3) is 0 Å². The monoisotopic (exact) mass is 247 g/mol. The Bertz CT molecular complexity index is 394. The summed E-state index contributed by atoms with van der Waals surface area (Å²) in [6, 6.07) is 3.95. The van der Waals surface area contributed by atoms with E-state index in [1.165, 1.54) is 5.56 Å². The number of nitrogens with two attached hydrogens (primary N) is 1. The summed E-state index contributed by atoms with van der Waals surface area (Å²) in [6.45, 7) is 7.54. The van der Waals surface area contributed by atoms with Gasteiger partial charge in [0.1, 0.15) is 5.82 Å². The van der Waals surface area contributed by atoms with Crippen LogP contribution in [0.3, 0.4) is 0 Å². The summed E-state index contributed by atoms with van der Waals surface area (Å²) in [6.07, 6.45) is 6.03. The molecule has 4 nitrogen and oxygen atoms in total. The summed E-state index contributed by atoms with van der Waals surface area (Å²) in [4.78, 5) is 6.38. The molecule has 18 heavy (non-hydrogen) atoms. The van der Waals surface area contributed by atoms with Crippen LogP contribution in [0.1, 0.15) is 12.0 Å². The number of ether oxygens (including phenoxy) is 1. The van der Waals surface area contributed by atoms with Gasteiger partial charge in [-0.25, -0.2) is 4.98 Å². The third kappa shape index (κ3) is 3.82. The van der Waals surface area contributed by atoms with E-state index < -0.39 is 0 Å². The quantitative estimate of drug-likeness (QED) is 0.801. The lowest BCUT2D eigenvalue weighted by Crippen LogP contribution is -2.42. The molecule has 2 rings (SSSR count). The van der Waals surface area contributed by atoms with Gasteiger partial charge in [-0.3, -0.25) is 4.90 Å². The van der Waals surface area contributed by atoms with Crippen molar-refractivity contribution < 1.29 is 4.74 Å². The summed E-state index contributed by atoms with van der Waals surface area (Å²) in [7, 11) is 0. The van der Waals surface area contributed by atoms with Gasteiger partial charge < -0.3 is 10.5 Å². The number of pyridine rings is 1. The predicted molar refractivity (Wildman–Crippen MR) is 73.3 cm³/mol. The van der Waals surface area contributed by atoms with Crippen molar-refractivity contribution in [3.63, 3.8) is 0 Å². The maximum absolute atomic E-state index is 5.78. The van der Waals surface area contributed by atoms with Crippen LogP contribution in [-0.4, -0.2) is 42.2 Å². The van der Waals surface area contributed by atoms with E-state index in [0.717, 1.165) is 39.1 Å². The molecule has 0 spiro atoms. The number of anilines is 1. The Labute approximate surface area is 108 Å². The van der Waals surface area contributed by atoms with Crippen molar-refractivity contribution in [1.29, 1.82) is 0 Å². The highest BCUT2D eigenvalue weighted by Gasteiger charge is 2.19. The van der Waals surface area contributed by atoms with Crippen molar-refractivity contribution >= 4 is 5.82 Å². The van der Waals surface area contributed by atoms with Gasteiger partial charge in [0.2, 0.25) is 0 Å². The average molecular weight is 247 g/mol. The summed E-state index contributed by atoms with van der Waals surface area (Å²) >= 11 is 0. The van der Waals surface area contributed by atoms with Crippen molar-refractivity contribution in [3.05, 3.63) is 36.5 Å². The second kappa shape index (κ2) is 6.52.